The number of unbranched alkanes of at least 4 members (excludes halogenated alkanes) is 8. The number of hydrogen-bond donors (Lipinski definition) is 2. The predicted octanol–water partition coefficient (Wildman–Crippen LogP) is 7.23. The van der Waals surface area contributed by atoms with Crippen molar-refractivity contribution in [3.05, 3.63) is 11.1 Å². The van der Waals surface area contributed by atoms with Crippen LogP contribution in [0.25, 0.3) is 0 Å². The second-order valence-electron chi connectivity index (χ2n) is 8.97. The third-order valence-electron chi connectivity index (χ3n) is 5.30. The van der Waals surface area contributed by atoms with Crippen molar-refractivity contribution >= 4 is 11.9 Å². The molecular formula is C24H44O4. The average molecular weight is 397 g/mol. The fourth-order valence-corrected chi connectivity index (χ4v) is 3.54. The lowest BCUT2D eigenvalue weighted by molar-refractivity contribution is -0.136. The molecule has 0 heterocycles. The van der Waals surface area contributed by atoms with E-state index in [-0.39, 0.29) is 11.1 Å². The minimum atomic E-state index is -1.06. The van der Waals surface area contributed by atoms with Crippen LogP contribution in [-0.2, 0) is 9.59 Å². The Hall–Kier alpha value is -1.32. The van der Waals surface area contributed by atoms with E-state index in [0.29, 0.717) is 12.8 Å². The largest absolute Gasteiger partial charge is 0.478 e. The standard InChI is InChI=1S/C24H44O4/c1-19(2)15-11-7-5-9-13-17-21(23(25)26)22(24(27)28)18-14-10-6-8-12-16-20(3)4/h19-20H,5-18H2,1-4H3,(H,25,26)(H,27,28)/b22-21-. The molecule has 0 radical (unpaired) electrons. The number of rotatable bonds is 18. The molecule has 0 saturated heterocycles. The second-order valence-corrected chi connectivity index (χ2v) is 8.97. The zero-order valence-electron chi connectivity index (χ0n) is 18.8. The Morgan fingerprint density at radius 1 is 0.536 bits per heavy atom. The summed E-state index contributed by atoms with van der Waals surface area (Å²) in [6.07, 6.45) is 13.6. The van der Waals surface area contributed by atoms with Crippen LogP contribution in [0.3, 0.4) is 0 Å². The van der Waals surface area contributed by atoms with Gasteiger partial charge in [-0.15, -0.1) is 0 Å². The van der Waals surface area contributed by atoms with Crippen molar-refractivity contribution < 1.29 is 19.8 Å². The van der Waals surface area contributed by atoms with Gasteiger partial charge in [0.1, 0.15) is 0 Å². The monoisotopic (exact) mass is 396 g/mol. The van der Waals surface area contributed by atoms with Crippen molar-refractivity contribution in [2.45, 2.75) is 118 Å². The Kier molecular flexibility index (Phi) is 15.8. The number of aliphatic carboxylic acids is 2. The fourth-order valence-electron chi connectivity index (χ4n) is 3.54. The lowest BCUT2D eigenvalue weighted by Crippen LogP contribution is -2.12. The molecule has 0 amide bonds. The first-order valence-electron chi connectivity index (χ1n) is 11.4. The van der Waals surface area contributed by atoms with Gasteiger partial charge in [-0.05, 0) is 37.5 Å². The summed E-state index contributed by atoms with van der Waals surface area (Å²) in [4.78, 5) is 23.2. The molecule has 0 aliphatic heterocycles. The van der Waals surface area contributed by atoms with Crippen molar-refractivity contribution in [1.29, 1.82) is 0 Å². The van der Waals surface area contributed by atoms with Gasteiger partial charge >= 0.3 is 11.9 Å². The molecule has 0 atom stereocenters. The normalized spacial score (nSPS) is 12.5. The van der Waals surface area contributed by atoms with E-state index in [9.17, 15) is 19.8 Å². The van der Waals surface area contributed by atoms with E-state index in [1.165, 1.54) is 38.5 Å². The van der Waals surface area contributed by atoms with Crippen LogP contribution in [-0.4, -0.2) is 22.2 Å². The molecule has 0 spiro atoms. The third-order valence-corrected chi connectivity index (χ3v) is 5.30. The van der Waals surface area contributed by atoms with E-state index in [1.54, 1.807) is 0 Å². The topological polar surface area (TPSA) is 74.6 Å². The molecule has 0 aliphatic rings. The zero-order chi connectivity index (χ0) is 21.4. The molecule has 0 aliphatic carbocycles. The zero-order valence-corrected chi connectivity index (χ0v) is 18.8. The highest BCUT2D eigenvalue weighted by Gasteiger charge is 2.19. The van der Waals surface area contributed by atoms with Crippen LogP contribution in [0.2, 0.25) is 0 Å². The van der Waals surface area contributed by atoms with E-state index in [4.69, 9.17) is 0 Å². The summed E-state index contributed by atoms with van der Waals surface area (Å²) in [6.45, 7) is 8.90. The first-order valence-corrected chi connectivity index (χ1v) is 11.4. The van der Waals surface area contributed by atoms with Crippen LogP contribution in [0.1, 0.15) is 118 Å². The second kappa shape index (κ2) is 16.6. The van der Waals surface area contributed by atoms with Gasteiger partial charge in [0.05, 0.1) is 0 Å². The van der Waals surface area contributed by atoms with Gasteiger partial charge in [0.2, 0.25) is 0 Å². The van der Waals surface area contributed by atoms with E-state index in [0.717, 1.165) is 50.4 Å². The lowest BCUT2D eigenvalue weighted by Gasteiger charge is -2.10. The molecule has 0 aromatic heterocycles. The summed E-state index contributed by atoms with van der Waals surface area (Å²) >= 11 is 0. The van der Waals surface area contributed by atoms with E-state index in [1.807, 2.05) is 0 Å². The van der Waals surface area contributed by atoms with Gasteiger partial charge in [0.25, 0.3) is 0 Å². The Labute approximate surface area is 172 Å². The Balaban J connectivity index is 4.33. The van der Waals surface area contributed by atoms with Gasteiger partial charge in [-0.1, -0.05) is 91.9 Å². The summed E-state index contributed by atoms with van der Waals surface area (Å²) in [5, 5.41) is 19.0. The average Bonchev–Trinajstić information content (AvgIpc) is 2.59. The van der Waals surface area contributed by atoms with Crippen LogP contribution < -0.4 is 0 Å². The van der Waals surface area contributed by atoms with Crippen LogP contribution in [0.4, 0.5) is 0 Å². The number of carbonyl (C=O) groups is 2. The van der Waals surface area contributed by atoms with Gasteiger partial charge in [0.15, 0.2) is 0 Å². The highest BCUT2D eigenvalue weighted by atomic mass is 16.4. The van der Waals surface area contributed by atoms with Gasteiger partial charge in [-0.25, -0.2) is 9.59 Å². The molecule has 0 saturated carbocycles. The molecule has 4 nitrogen and oxygen atoms in total. The third kappa shape index (κ3) is 14.7. The van der Waals surface area contributed by atoms with E-state index >= 15 is 0 Å². The van der Waals surface area contributed by atoms with Crippen LogP contribution in [0.15, 0.2) is 11.1 Å². The summed E-state index contributed by atoms with van der Waals surface area (Å²) in [5.74, 6) is -0.659. The number of carboxylic acids is 2. The number of carboxylic acid groups (broad SMARTS) is 2. The summed E-state index contributed by atoms with van der Waals surface area (Å²) in [7, 11) is 0. The Morgan fingerprint density at radius 3 is 1.11 bits per heavy atom. The van der Waals surface area contributed by atoms with Gasteiger partial charge in [-0.2, -0.15) is 0 Å². The molecule has 0 bridgehead atoms. The molecule has 164 valence electrons. The van der Waals surface area contributed by atoms with E-state index < -0.39 is 11.9 Å². The first-order chi connectivity index (χ1) is 13.3. The molecule has 4 heteroatoms. The van der Waals surface area contributed by atoms with Crippen LogP contribution in [0, 0.1) is 11.8 Å². The SMILES string of the molecule is CC(C)CCCCCCC/C(C(=O)O)=C(\CCCCCCCC(C)C)C(=O)O. The fraction of sp³-hybridized carbons (Fsp3) is 0.833. The molecule has 0 rings (SSSR count). The van der Waals surface area contributed by atoms with Crippen LogP contribution >= 0.6 is 0 Å². The minimum Gasteiger partial charge on any atom is -0.478 e. The Morgan fingerprint density at radius 2 is 0.821 bits per heavy atom. The highest BCUT2D eigenvalue weighted by molar-refractivity contribution is 5.98. The molecule has 0 unspecified atom stereocenters. The van der Waals surface area contributed by atoms with Crippen molar-refractivity contribution in [1.82, 2.24) is 0 Å². The van der Waals surface area contributed by atoms with Crippen molar-refractivity contribution in [2.24, 2.45) is 11.8 Å². The van der Waals surface area contributed by atoms with Gasteiger partial charge < -0.3 is 10.2 Å². The smallest absolute Gasteiger partial charge is 0.332 e. The molecule has 0 fully saturated rings. The molecule has 28 heavy (non-hydrogen) atoms. The predicted molar refractivity (Wildman–Crippen MR) is 117 cm³/mol. The molecule has 2 N–H and O–H groups in total. The molecule has 0 aromatic rings. The van der Waals surface area contributed by atoms with E-state index in [2.05, 4.69) is 27.7 Å². The van der Waals surface area contributed by atoms with Crippen molar-refractivity contribution in [3.8, 4) is 0 Å². The summed E-state index contributed by atoms with van der Waals surface area (Å²) < 4.78 is 0. The number of hydrogen-bond acceptors (Lipinski definition) is 2. The maximum Gasteiger partial charge on any atom is 0.332 e. The summed E-state index contributed by atoms with van der Waals surface area (Å²) in [6, 6.07) is 0. The molecular weight excluding hydrogens is 352 g/mol. The molecule has 0 aromatic carbocycles. The van der Waals surface area contributed by atoms with Crippen molar-refractivity contribution in [3.63, 3.8) is 0 Å². The quantitative estimate of drug-likeness (QED) is 0.189. The van der Waals surface area contributed by atoms with Gasteiger partial charge in [0, 0.05) is 11.1 Å². The van der Waals surface area contributed by atoms with Crippen molar-refractivity contribution in [2.75, 3.05) is 0 Å². The maximum atomic E-state index is 11.6. The van der Waals surface area contributed by atoms with Crippen LogP contribution in [0.5, 0.6) is 0 Å². The maximum absolute atomic E-state index is 11.6. The minimum absolute atomic E-state index is 0.120. The summed E-state index contributed by atoms with van der Waals surface area (Å²) in [5.41, 5.74) is 0.240. The van der Waals surface area contributed by atoms with Gasteiger partial charge in [-0.3, -0.25) is 0 Å². The Bertz CT molecular complexity index is 421. The highest BCUT2D eigenvalue weighted by Crippen LogP contribution is 2.21. The first kappa shape index (κ1) is 26.7. The lowest BCUT2D eigenvalue weighted by atomic mass is 9.96.